The summed E-state index contributed by atoms with van der Waals surface area (Å²) in [7, 11) is 1.68. The number of nitrogens with two attached hydrogens (primary N) is 1. The molecule has 0 amide bonds. The quantitative estimate of drug-likeness (QED) is 0.830. The van der Waals surface area contributed by atoms with E-state index in [4.69, 9.17) is 10.5 Å². The first-order valence-corrected chi connectivity index (χ1v) is 6.26. The zero-order valence-electron chi connectivity index (χ0n) is 11.4. The average molecular weight is 261 g/mol. The zero-order valence-corrected chi connectivity index (χ0v) is 11.4. The molecule has 102 valence electrons. The van der Waals surface area contributed by atoms with Crippen LogP contribution in [-0.2, 0) is 4.74 Å². The van der Waals surface area contributed by atoms with Gasteiger partial charge in [0.15, 0.2) is 5.82 Å². The summed E-state index contributed by atoms with van der Waals surface area (Å²) in [5.41, 5.74) is 7.36. The van der Waals surface area contributed by atoms with Crippen molar-refractivity contribution in [2.75, 3.05) is 19.5 Å². The van der Waals surface area contributed by atoms with Gasteiger partial charge in [0.2, 0.25) is 0 Å². The molecule has 6 nitrogen and oxygen atoms in total. The van der Waals surface area contributed by atoms with Gasteiger partial charge in [0.1, 0.15) is 0 Å². The SMILES string of the molecule is COCC(C(C)C)n1nnnc1-c1ccc(N)cc1. The Balaban J connectivity index is 2.38. The number of tetrazole rings is 1. The van der Waals surface area contributed by atoms with Crippen molar-refractivity contribution in [3.63, 3.8) is 0 Å². The molecule has 1 aromatic carbocycles. The Morgan fingerprint density at radius 2 is 1.95 bits per heavy atom. The van der Waals surface area contributed by atoms with Gasteiger partial charge in [0, 0.05) is 18.4 Å². The summed E-state index contributed by atoms with van der Waals surface area (Å²) in [6, 6.07) is 7.63. The summed E-state index contributed by atoms with van der Waals surface area (Å²) in [5, 5.41) is 12.0. The fourth-order valence-corrected chi connectivity index (χ4v) is 1.96. The van der Waals surface area contributed by atoms with Crippen LogP contribution >= 0.6 is 0 Å². The first-order chi connectivity index (χ1) is 9.13. The standard InChI is InChI=1S/C13H19N5O/c1-9(2)12(8-19-3)18-13(15-16-17-18)10-4-6-11(14)7-5-10/h4-7,9,12H,8,14H2,1-3H3. The van der Waals surface area contributed by atoms with Crippen molar-refractivity contribution in [2.24, 2.45) is 5.92 Å². The Morgan fingerprint density at radius 3 is 2.53 bits per heavy atom. The molecule has 19 heavy (non-hydrogen) atoms. The lowest BCUT2D eigenvalue weighted by atomic mass is 10.1. The third-order valence-electron chi connectivity index (χ3n) is 3.08. The first-order valence-electron chi connectivity index (χ1n) is 6.26. The van der Waals surface area contributed by atoms with Crippen LogP contribution in [0.2, 0.25) is 0 Å². The van der Waals surface area contributed by atoms with Crippen LogP contribution in [-0.4, -0.2) is 33.9 Å². The van der Waals surface area contributed by atoms with Crippen molar-refractivity contribution in [3.05, 3.63) is 24.3 Å². The zero-order chi connectivity index (χ0) is 13.8. The number of hydrogen-bond donors (Lipinski definition) is 1. The molecule has 1 aromatic heterocycles. The van der Waals surface area contributed by atoms with Crippen LogP contribution in [0.1, 0.15) is 19.9 Å². The summed E-state index contributed by atoms with van der Waals surface area (Å²) in [4.78, 5) is 0. The summed E-state index contributed by atoms with van der Waals surface area (Å²) in [5.74, 6) is 1.10. The number of methoxy groups -OCH3 is 1. The van der Waals surface area contributed by atoms with Gasteiger partial charge in [-0.2, -0.15) is 0 Å². The lowest BCUT2D eigenvalue weighted by Gasteiger charge is -2.21. The second-order valence-electron chi connectivity index (χ2n) is 4.84. The maximum Gasteiger partial charge on any atom is 0.182 e. The van der Waals surface area contributed by atoms with Crippen LogP contribution in [0.4, 0.5) is 5.69 Å². The highest BCUT2D eigenvalue weighted by Crippen LogP contribution is 2.24. The molecule has 0 bridgehead atoms. The number of ether oxygens (including phenoxy) is 1. The maximum atomic E-state index is 5.70. The van der Waals surface area contributed by atoms with E-state index in [-0.39, 0.29) is 6.04 Å². The van der Waals surface area contributed by atoms with Crippen LogP contribution in [0.3, 0.4) is 0 Å². The lowest BCUT2D eigenvalue weighted by Crippen LogP contribution is -2.22. The molecule has 0 aliphatic carbocycles. The molecular formula is C13H19N5O. The van der Waals surface area contributed by atoms with Crippen molar-refractivity contribution in [3.8, 4) is 11.4 Å². The predicted molar refractivity (Wildman–Crippen MR) is 73.4 cm³/mol. The van der Waals surface area contributed by atoms with Crippen molar-refractivity contribution in [2.45, 2.75) is 19.9 Å². The Morgan fingerprint density at radius 1 is 1.26 bits per heavy atom. The summed E-state index contributed by atoms with van der Waals surface area (Å²) >= 11 is 0. The van der Waals surface area contributed by atoms with Crippen LogP contribution in [0.15, 0.2) is 24.3 Å². The second-order valence-corrected chi connectivity index (χ2v) is 4.84. The molecule has 0 radical (unpaired) electrons. The van der Waals surface area contributed by atoms with E-state index >= 15 is 0 Å². The fourth-order valence-electron chi connectivity index (χ4n) is 1.96. The number of hydrogen-bond acceptors (Lipinski definition) is 5. The molecular weight excluding hydrogens is 242 g/mol. The number of rotatable bonds is 5. The van der Waals surface area contributed by atoms with Crippen LogP contribution < -0.4 is 5.73 Å². The molecule has 0 saturated heterocycles. The van der Waals surface area contributed by atoms with E-state index < -0.39 is 0 Å². The van der Waals surface area contributed by atoms with Crippen LogP contribution in [0.5, 0.6) is 0 Å². The fraction of sp³-hybridized carbons (Fsp3) is 0.462. The Bertz CT molecular complexity index is 520. The first kappa shape index (κ1) is 13.5. The number of nitrogen functional groups attached to an aromatic ring is 1. The van der Waals surface area contributed by atoms with Gasteiger partial charge in [-0.25, -0.2) is 4.68 Å². The van der Waals surface area contributed by atoms with E-state index in [1.165, 1.54) is 0 Å². The molecule has 0 aliphatic heterocycles. The molecule has 2 N–H and O–H groups in total. The topological polar surface area (TPSA) is 78.8 Å². The van der Waals surface area contributed by atoms with E-state index in [0.29, 0.717) is 12.5 Å². The minimum absolute atomic E-state index is 0.104. The van der Waals surface area contributed by atoms with Crippen molar-refractivity contribution in [1.29, 1.82) is 0 Å². The molecule has 0 saturated carbocycles. The number of aromatic nitrogens is 4. The molecule has 1 unspecified atom stereocenters. The predicted octanol–water partition coefficient (Wildman–Crippen LogP) is 1.77. The van der Waals surface area contributed by atoms with E-state index in [1.54, 1.807) is 7.11 Å². The Labute approximate surface area is 112 Å². The molecule has 0 spiro atoms. The highest BCUT2D eigenvalue weighted by atomic mass is 16.5. The molecule has 0 aliphatic rings. The highest BCUT2D eigenvalue weighted by molar-refractivity contribution is 5.58. The van der Waals surface area contributed by atoms with Crippen molar-refractivity contribution in [1.82, 2.24) is 20.2 Å². The molecule has 1 heterocycles. The monoisotopic (exact) mass is 261 g/mol. The van der Waals surface area contributed by atoms with E-state index in [0.717, 1.165) is 17.1 Å². The van der Waals surface area contributed by atoms with Crippen molar-refractivity contribution >= 4 is 5.69 Å². The van der Waals surface area contributed by atoms with Gasteiger partial charge < -0.3 is 10.5 Å². The summed E-state index contributed by atoms with van der Waals surface area (Å²) < 4.78 is 7.08. The maximum absolute atomic E-state index is 5.70. The molecule has 6 heteroatoms. The van der Waals surface area contributed by atoms with Crippen molar-refractivity contribution < 1.29 is 4.74 Å². The van der Waals surface area contributed by atoms with Gasteiger partial charge in [0.25, 0.3) is 0 Å². The smallest absolute Gasteiger partial charge is 0.182 e. The van der Waals surface area contributed by atoms with Crippen LogP contribution in [0, 0.1) is 5.92 Å². The van der Waals surface area contributed by atoms with E-state index in [2.05, 4.69) is 29.4 Å². The van der Waals surface area contributed by atoms with Crippen LogP contribution in [0.25, 0.3) is 11.4 Å². The minimum Gasteiger partial charge on any atom is -0.399 e. The minimum atomic E-state index is 0.104. The summed E-state index contributed by atoms with van der Waals surface area (Å²) in [6.07, 6.45) is 0. The van der Waals surface area contributed by atoms with Gasteiger partial charge in [-0.1, -0.05) is 13.8 Å². The number of anilines is 1. The van der Waals surface area contributed by atoms with E-state index in [9.17, 15) is 0 Å². The number of nitrogens with zero attached hydrogens (tertiary/aromatic N) is 4. The largest absolute Gasteiger partial charge is 0.399 e. The second kappa shape index (κ2) is 5.79. The number of benzene rings is 1. The average Bonchev–Trinajstić information content (AvgIpc) is 2.85. The Hall–Kier alpha value is -1.95. The van der Waals surface area contributed by atoms with Gasteiger partial charge in [-0.05, 0) is 40.6 Å². The lowest BCUT2D eigenvalue weighted by molar-refractivity contribution is 0.126. The van der Waals surface area contributed by atoms with Gasteiger partial charge in [-0.3, -0.25) is 0 Å². The van der Waals surface area contributed by atoms with Gasteiger partial charge in [-0.15, -0.1) is 5.10 Å². The highest BCUT2D eigenvalue weighted by Gasteiger charge is 2.21. The van der Waals surface area contributed by atoms with Gasteiger partial charge >= 0.3 is 0 Å². The normalized spacial score (nSPS) is 12.8. The molecule has 2 aromatic rings. The molecule has 1 atom stereocenters. The Kier molecular flexibility index (Phi) is 4.11. The van der Waals surface area contributed by atoms with E-state index in [1.807, 2.05) is 28.9 Å². The third kappa shape index (κ3) is 2.90. The molecule has 2 rings (SSSR count). The third-order valence-corrected chi connectivity index (χ3v) is 3.08. The summed E-state index contributed by atoms with van der Waals surface area (Å²) in [6.45, 7) is 4.82. The van der Waals surface area contributed by atoms with Gasteiger partial charge in [0.05, 0.1) is 12.6 Å². The molecule has 0 fully saturated rings.